The van der Waals surface area contributed by atoms with Gasteiger partial charge in [-0.25, -0.2) is 20.2 Å². The molecule has 10 aromatic carbocycles. The summed E-state index contributed by atoms with van der Waals surface area (Å²) in [6, 6.07) is 65.0. The highest BCUT2D eigenvalue weighted by molar-refractivity contribution is 8.00. The van der Waals surface area contributed by atoms with Crippen molar-refractivity contribution in [1.29, 1.82) is 10.5 Å². The van der Waals surface area contributed by atoms with Gasteiger partial charge in [0, 0.05) is 44.5 Å². The van der Waals surface area contributed by atoms with Crippen LogP contribution in [0.4, 0.5) is 0 Å². The second-order valence-electron chi connectivity index (χ2n) is 20.8. The molecule has 0 bridgehead atoms. The Kier molecular flexibility index (Phi) is 17.1. The number of ketones is 5. The van der Waals surface area contributed by atoms with E-state index in [0.29, 0.717) is 34.6 Å². The Hall–Kier alpha value is -10.5. The number of fused-ring (bicyclic) bond motifs is 4. The third-order valence-electron chi connectivity index (χ3n) is 15.8. The summed E-state index contributed by atoms with van der Waals surface area (Å²) in [6.45, 7) is 14.2. The lowest BCUT2D eigenvalue weighted by Gasteiger charge is -2.20. The van der Waals surface area contributed by atoms with E-state index in [0.717, 1.165) is 91.5 Å². The number of nitrogens with zero attached hydrogens (tertiary/aromatic N) is 4. The number of Topliss-reactive ketones (excluding diaryl/α,β-unsaturated/α-hetero) is 5. The van der Waals surface area contributed by atoms with Crippen molar-refractivity contribution in [2.45, 2.75) is 54.7 Å². The lowest BCUT2D eigenvalue weighted by atomic mass is 9.84. The number of thioether (sulfide) groups is 2. The molecule has 6 aliphatic rings. The van der Waals surface area contributed by atoms with E-state index in [4.69, 9.17) is 23.7 Å². The summed E-state index contributed by atoms with van der Waals surface area (Å²) in [7, 11) is 0. The summed E-state index contributed by atoms with van der Waals surface area (Å²) in [6.07, 6.45) is 4.98. The smallest absolute Gasteiger partial charge is 0.265 e. The van der Waals surface area contributed by atoms with Crippen LogP contribution in [0.25, 0.3) is 63.9 Å². The molecular formula is C74H50N4O6S2. The van der Waals surface area contributed by atoms with Gasteiger partial charge in [-0.05, 0) is 133 Å². The van der Waals surface area contributed by atoms with E-state index in [2.05, 4.69) is 82.5 Å². The second kappa shape index (κ2) is 25.6. The molecule has 0 atom stereocenters. The van der Waals surface area contributed by atoms with Gasteiger partial charge in [0.15, 0.2) is 28.9 Å². The van der Waals surface area contributed by atoms with Crippen LogP contribution in [0, 0.1) is 35.8 Å². The molecule has 0 saturated heterocycles. The number of nitriles is 2. The highest BCUT2D eigenvalue weighted by Gasteiger charge is 2.26. The molecule has 0 saturated carbocycles. The Morgan fingerprint density at radius 1 is 0.395 bits per heavy atom. The maximum atomic E-state index is 11.7. The minimum absolute atomic E-state index is 0.0100. The van der Waals surface area contributed by atoms with Gasteiger partial charge in [-0.15, -0.1) is 23.5 Å². The summed E-state index contributed by atoms with van der Waals surface area (Å²) in [4.78, 5) is 65.7. The number of aryl methyl sites for hydroxylation is 3. The Bertz CT molecular complexity index is 4670. The third kappa shape index (κ3) is 11.6. The van der Waals surface area contributed by atoms with Gasteiger partial charge < -0.3 is 5.11 Å². The first kappa shape index (κ1) is 57.4. The van der Waals surface area contributed by atoms with Crippen LogP contribution in [0.5, 0.6) is 5.75 Å². The molecular weight excluding hydrogens is 1100 g/mol. The maximum absolute atomic E-state index is 11.7. The van der Waals surface area contributed by atoms with Crippen molar-refractivity contribution < 1.29 is 29.1 Å². The Labute approximate surface area is 505 Å². The molecule has 86 heavy (non-hydrogen) atoms. The predicted octanol–water partition coefficient (Wildman–Crippen LogP) is 17.1. The van der Waals surface area contributed by atoms with Crippen LogP contribution in [0.2, 0.25) is 0 Å². The first-order chi connectivity index (χ1) is 42.0. The SMILES string of the molecule is O=C1CC(=O)c2cccc3cccc1c23.O=C1CCc2cccc3cccc1c23.O=C1CSc2c(O)cccc21.O=C1CSc2ccccc21.[C-]#[N+]/C(C#N)=C1/CCc2cccc3cccc1c23.[C-]#[N+]/C(C#N)=C1\CCc2cc3ccccc3cc21. The molecule has 0 radical (unpaired) electrons. The number of aromatic hydroxyl groups is 1. The topological polar surface area (TPSA) is 162 Å². The zero-order valence-electron chi connectivity index (χ0n) is 46.4. The van der Waals surface area contributed by atoms with E-state index >= 15 is 0 Å². The van der Waals surface area contributed by atoms with Gasteiger partial charge in [0.05, 0.1) is 48.1 Å². The zero-order chi connectivity index (χ0) is 59.8. The fourth-order valence-corrected chi connectivity index (χ4v) is 13.7. The summed E-state index contributed by atoms with van der Waals surface area (Å²) in [5.74, 6) is 1.84. The summed E-state index contributed by atoms with van der Waals surface area (Å²) >= 11 is 3.03. The molecule has 2 aliphatic heterocycles. The van der Waals surface area contributed by atoms with Crippen LogP contribution in [-0.2, 0) is 19.3 Å². The molecule has 0 spiro atoms. The lowest BCUT2D eigenvalue weighted by molar-refractivity contribution is 0.0887. The monoisotopic (exact) mass is 1150 g/mol. The van der Waals surface area contributed by atoms with Crippen molar-refractivity contribution in [3.8, 4) is 17.9 Å². The Morgan fingerprint density at radius 2 is 0.826 bits per heavy atom. The van der Waals surface area contributed by atoms with E-state index in [1.165, 1.54) is 55.4 Å². The number of hydrogen-bond acceptors (Lipinski definition) is 10. The van der Waals surface area contributed by atoms with Crippen LogP contribution in [0.1, 0.15) is 105 Å². The van der Waals surface area contributed by atoms with E-state index in [-0.39, 0.29) is 52.5 Å². The number of phenols is 1. The van der Waals surface area contributed by atoms with E-state index < -0.39 is 0 Å². The van der Waals surface area contributed by atoms with Crippen LogP contribution in [0.15, 0.2) is 209 Å². The van der Waals surface area contributed by atoms with Crippen LogP contribution < -0.4 is 0 Å². The molecule has 10 aromatic rings. The molecule has 2 heterocycles. The van der Waals surface area contributed by atoms with E-state index in [9.17, 15) is 29.1 Å². The van der Waals surface area contributed by atoms with Gasteiger partial charge in [-0.2, -0.15) is 0 Å². The van der Waals surface area contributed by atoms with Crippen LogP contribution in [-0.4, -0.2) is 45.5 Å². The standard InChI is InChI=1S/2C16H10N2.C13H8O2.C13H10O.C8H6O2S.C8H6OS/c1-18-15(10-17)13-9-8-12-5-2-4-11-6-3-7-14(13)16(11)12;1-18-16(10-17)14-7-6-13-8-11-4-2-3-5-12(11)9-15(13)14;14-11-7-12(15)10-6-2-4-8-3-1-5-9(11)13(8)10;14-12-8-7-10-4-1-3-9-5-2-6-11(12)13(9)10;9-6-3-1-2-5-7(10)4-11-8(5)6;9-7-5-10-8-4-2-1-3-6(7)8/h2-7H,8-9H2;2-5,8-9H,6-7H2;1-6H,7H2;1-6H,7-8H2;1-3,9H,4H2;1-4H,5H2/b15-13-;16-14+;;;;. The van der Waals surface area contributed by atoms with Gasteiger partial charge in [-0.3, -0.25) is 24.0 Å². The molecule has 0 unspecified atom stereocenters. The summed E-state index contributed by atoms with van der Waals surface area (Å²) < 4.78 is 0. The van der Waals surface area contributed by atoms with Gasteiger partial charge in [0.25, 0.3) is 11.4 Å². The number of benzene rings is 10. The normalized spacial score (nSPS) is 15.3. The summed E-state index contributed by atoms with van der Waals surface area (Å²) in [5, 5.41) is 36.3. The first-order valence-electron chi connectivity index (χ1n) is 27.9. The fourth-order valence-electron chi connectivity index (χ4n) is 11.8. The number of phenolic OH excluding ortho intramolecular Hbond substituents is 1. The van der Waals surface area contributed by atoms with Crippen molar-refractivity contribution in [1.82, 2.24) is 0 Å². The molecule has 12 heteroatoms. The van der Waals surface area contributed by atoms with Crippen molar-refractivity contribution in [2.75, 3.05) is 11.5 Å². The van der Waals surface area contributed by atoms with E-state index in [1.807, 2.05) is 97.1 Å². The predicted molar refractivity (Wildman–Crippen MR) is 341 cm³/mol. The Balaban J connectivity index is 0.000000108. The van der Waals surface area contributed by atoms with Gasteiger partial charge in [-0.1, -0.05) is 164 Å². The number of carbonyl (C=O) groups is 5. The third-order valence-corrected chi connectivity index (χ3v) is 18.0. The molecule has 0 fully saturated rings. The molecule has 0 aromatic heterocycles. The number of rotatable bonds is 0. The van der Waals surface area contributed by atoms with Crippen LogP contribution in [0.3, 0.4) is 0 Å². The van der Waals surface area contributed by atoms with Gasteiger partial charge >= 0.3 is 0 Å². The molecule has 4 aliphatic carbocycles. The molecule has 1 N–H and O–H groups in total. The average Bonchev–Trinajstić information content (AvgIpc) is 2.18. The fraction of sp³-hybridized carbons (Fsp3) is 0.122. The highest BCUT2D eigenvalue weighted by atomic mass is 32.2. The Morgan fingerprint density at radius 3 is 1.41 bits per heavy atom. The van der Waals surface area contributed by atoms with Crippen molar-refractivity contribution >= 4 is 107 Å². The number of hydrogen-bond donors (Lipinski definition) is 1. The van der Waals surface area contributed by atoms with Gasteiger partial charge in [0.1, 0.15) is 5.75 Å². The van der Waals surface area contributed by atoms with Crippen molar-refractivity contribution in [3.63, 3.8) is 0 Å². The second-order valence-corrected chi connectivity index (χ2v) is 22.8. The van der Waals surface area contributed by atoms with Crippen LogP contribution >= 0.6 is 23.5 Å². The largest absolute Gasteiger partial charge is 0.507 e. The van der Waals surface area contributed by atoms with Crippen molar-refractivity contribution in [2.24, 2.45) is 0 Å². The highest BCUT2D eigenvalue weighted by Crippen LogP contribution is 2.41. The summed E-state index contributed by atoms with van der Waals surface area (Å²) in [5.41, 5.74) is 12.1. The quantitative estimate of drug-likeness (QED) is 0.0879. The van der Waals surface area contributed by atoms with E-state index in [1.54, 1.807) is 42.1 Å². The van der Waals surface area contributed by atoms with Crippen molar-refractivity contribution in [3.05, 3.63) is 278 Å². The van der Waals surface area contributed by atoms with Gasteiger partial charge in [0.2, 0.25) is 0 Å². The minimum atomic E-state index is -0.0655. The minimum Gasteiger partial charge on any atom is -0.507 e. The molecule has 414 valence electrons. The molecule has 16 rings (SSSR count). The molecule has 10 nitrogen and oxygen atoms in total. The number of allylic oxidation sites excluding steroid dienone is 4. The first-order valence-corrected chi connectivity index (χ1v) is 29.8. The zero-order valence-corrected chi connectivity index (χ0v) is 48.0. The maximum Gasteiger partial charge on any atom is 0.265 e. The number of carbonyl (C=O) groups excluding carboxylic acids is 5. The lowest BCUT2D eigenvalue weighted by Crippen LogP contribution is -2.15. The average molecular weight is 1160 g/mol. The molecule has 0 amide bonds.